The van der Waals surface area contributed by atoms with Crippen LogP contribution in [0, 0.1) is 5.41 Å². The summed E-state index contributed by atoms with van der Waals surface area (Å²) in [4.78, 5) is 12.0. The molecule has 2 nitrogen and oxygen atoms in total. The maximum atomic E-state index is 12.0. The quantitative estimate of drug-likeness (QED) is 0.445. The fraction of sp³-hybridized carbons (Fsp3) is 0.550. The van der Waals surface area contributed by atoms with E-state index in [0.717, 1.165) is 32.1 Å². The van der Waals surface area contributed by atoms with Crippen molar-refractivity contribution in [3.05, 3.63) is 48.0 Å². The molecule has 1 rings (SSSR count). The van der Waals surface area contributed by atoms with Gasteiger partial charge >= 0.3 is 5.97 Å². The highest BCUT2D eigenvalue weighted by molar-refractivity contribution is 5.76. The predicted octanol–water partition coefficient (Wildman–Crippen LogP) is 5.50. The van der Waals surface area contributed by atoms with Crippen molar-refractivity contribution in [1.29, 1.82) is 0 Å². The van der Waals surface area contributed by atoms with Crippen molar-refractivity contribution in [2.45, 2.75) is 58.8 Å². The number of carbonyl (C=O) groups is 1. The zero-order valence-corrected chi connectivity index (χ0v) is 14.5. The Labute approximate surface area is 135 Å². The van der Waals surface area contributed by atoms with Gasteiger partial charge in [0.05, 0.1) is 12.5 Å². The molecular weight excluding hydrogens is 272 g/mol. The molecule has 2 heteroatoms. The maximum absolute atomic E-state index is 12.0. The van der Waals surface area contributed by atoms with Crippen LogP contribution in [-0.4, -0.2) is 13.1 Å². The van der Waals surface area contributed by atoms with Crippen LogP contribution in [0.25, 0.3) is 0 Å². The summed E-state index contributed by atoms with van der Waals surface area (Å²) < 4.78 is 4.99. The Kier molecular flexibility index (Phi) is 7.94. The van der Waals surface area contributed by atoms with Crippen LogP contribution in [0.4, 0.5) is 0 Å². The summed E-state index contributed by atoms with van der Waals surface area (Å²) in [5, 5.41) is 0. The van der Waals surface area contributed by atoms with Crippen molar-refractivity contribution in [2.24, 2.45) is 5.41 Å². The van der Waals surface area contributed by atoms with Crippen LogP contribution in [0.5, 0.6) is 0 Å². The van der Waals surface area contributed by atoms with Crippen molar-refractivity contribution in [2.75, 3.05) is 7.11 Å². The summed E-state index contributed by atoms with van der Waals surface area (Å²) in [6.07, 6.45) is 9.24. The summed E-state index contributed by atoms with van der Waals surface area (Å²) in [5.41, 5.74) is 0.975. The minimum atomic E-state index is -0.379. The number of esters is 1. The fourth-order valence-corrected chi connectivity index (χ4v) is 2.74. The van der Waals surface area contributed by atoms with Gasteiger partial charge in [0, 0.05) is 0 Å². The second-order valence-electron chi connectivity index (χ2n) is 6.17. The van der Waals surface area contributed by atoms with E-state index in [-0.39, 0.29) is 11.4 Å². The molecule has 122 valence electrons. The molecule has 0 spiro atoms. The Balaban J connectivity index is 2.80. The topological polar surface area (TPSA) is 26.3 Å². The highest BCUT2D eigenvalue weighted by Crippen LogP contribution is 2.35. The zero-order chi connectivity index (χ0) is 16.4. The van der Waals surface area contributed by atoms with E-state index < -0.39 is 0 Å². The Morgan fingerprint density at radius 1 is 1.23 bits per heavy atom. The van der Waals surface area contributed by atoms with Crippen LogP contribution in [0.1, 0.15) is 64.4 Å². The van der Waals surface area contributed by atoms with Gasteiger partial charge in [0.15, 0.2) is 0 Å². The number of ether oxygens (including phenoxy) is 1. The average molecular weight is 302 g/mol. The monoisotopic (exact) mass is 302 g/mol. The number of rotatable bonds is 9. The highest BCUT2D eigenvalue weighted by atomic mass is 16.5. The van der Waals surface area contributed by atoms with E-state index in [1.165, 1.54) is 12.7 Å². The molecule has 0 aromatic heterocycles. The largest absolute Gasteiger partial charge is 0.469 e. The van der Waals surface area contributed by atoms with Crippen LogP contribution < -0.4 is 0 Å². The van der Waals surface area contributed by atoms with Crippen molar-refractivity contribution < 1.29 is 9.53 Å². The van der Waals surface area contributed by atoms with E-state index in [0.29, 0.717) is 5.92 Å². The number of carbonyl (C=O) groups excluding carboxylic acids is 1. The van der Waals surface area contributed by atoms with Gasteiger partial charge < -0.3 is 4.74 Å². The van der Waals surface area contributed by atoms with Crippen molar-refractivity contribution >= 4 is 5.97 Å². The summed E-state index contributed by atoms with van der Waals surface area (Å²) in [6.45, 7) is 6.23. The molecule has 0 bridgehead atoms. The summed E-state index contributed by atoms with van der Waals surface area (Å²) in [7, 11) is 1.48. The fourth-order valence-electron chi connectivity index (χ4n) is 2.74. The van der Waals surface area contributed by atoms with Crippen LogP contribution in [0.2, 0.25) is 0 Å². The van der Waals surface area contributed by atoms with E-state index in [4.69, 9.17) is 4.74 Å². The predicted molar refractivity (Wildman–Crippen MR) is 92.9 cm³/mol. The van der Waals surface area contributed by atoms with E-state index in [1.54, 1.807) is 0 Å². The number of hydrogen-bond acceptors (Lipinski definition) is 2. The van der Waals surface area contributed by atoms with Gasteiger partial charge in [-0.3, -0.25) is 4.79 Å². The molecule has 2 atom stereocenters. The Bertz CT molecular complexity index is 464. The number of methoxy groups -OCH3 is 1. The summed E-state index contributed by atoms with van der Waals surface area (Å²) >= 11 is 0. The van der Waals surface area contributed by atoms with Crippen LogP contribution in [-0.2, 0) is 9.53 Å². The molecule has 2 unspecified atom stereocenters. The first-order chi connectivity index (χ1) is 10.6. The third kappa shape index (κ3) is 5.32. The lowest BCUT2D eigenvalue weighted by Gasteiger charge is -2.27. The smallest absolute Gasteiger partial charge is 0.311 e. The van der Waals surface area contributed by atoms with Gasteiger partial charge in [-0.1, -0.05) is 56.3 Å². The lowest BCUT2D eigenvalue weighted by atomic mass is 9.78. The summed E-state index contributed by atoms with van der Waals surface area (Å²) in [6, 6.07) is 10.6. The minimum absolute atomic E-state index is 0.0917. The minimum Gasteiger partial charge on any atom is -0.469 e. The van der Waals surface area contributed by atoms with Crippen molar-refractivity contribution in [1.82, 2.24) is 0 Å². The standard InChI is InChI=1S/C20H30O2/c1-5-7-9-12-18(17-13-10-8-11-14-17)15-16-20(3,6-2)19(21)22-4/h7-11,13-14,18H,5-6,12,15-16H2,1-4H3. The first kappa shape index (κ1) is 18.5. The van der Waals surface area contributed by atoms with E-state index >= 15 is 0 Å². The normalized spacial score (nSPS) is 15.5. The average Bonchev–Trinajstić information content (AvgIpc) is 2.57. The van der Waals surface area contributed by atoms with Crippen LogP contribution in [0.3, 0.4) is 0 Å². The molecule has 22 heavy (non-hydrogen) atoms. The summed E-state index contributed by atoms with van der Waals surface area (Å²) in [5.74, 6) is 0.366. The van der Waals surface area contributed by atoms with Gasteiger partial charge in [-0.15, -0.1) is 0 Å². The number of hydrogen-bond donors (Lipinski definition) is 0. The third-order valence-electron chi connectivity index (χ3n) is 4.60. The first-order valence-corrected chi connectivity index (χ1v) is 8.35. The second kappa shape index (κ2) is 9.45. The Hall–Kier alpha value is -1.57. The number of allylic oxidation sites excluding steroid dienone is 2. The molecule has 0 fully saturated rings. The van der Waals surface area contributed by atoms with Crippen molar-refractivity contribution in [3.63, 3.8) is 0 Å². The lowest BCUT2D eigenvalue weighted by Crippen LogP contribution is -2.28. The first-order valence-electron chi connectivity index (χ1n) is 8.35. The van der Waals surface area contributed by atoms with Crippen LogP contribution in [0.15, 0.2) is 42.5 Å². The highest BCUT2D eigenvalue weighted by Gasteiger charge is 2.32. The van der Waals surface area contributed by atoms with Gasteiger partial charge in [0.25, 0.3) is 0 Å². The molecule has 0 heterocycles. The Morgan fingerprint density at radius 3 is 2.45 bits per heavy atom. The molecule has 1 aromatic rings. The van der Waals surface area contributed by atoms with Crippen molar-refractivity contribution in [3.8, 4) is 0 Å². The molecule has 1 aromatic carbocycles. The van der Waals surface area contributed by atoms with E-state index in [1.807, 2.05) is 13.0 Å². The molecule has 0 aliphatic rings. The van der Waals surface area contributed by atoms with Gasteiger partial charge in [-0.2, -0.15) is 0 Å². The van der Waals surface area contributed by atoms with Gasteiger partial charge in [-0.25, -0.2) is 0 Å². The van der Waals surface area contributed by atoms with Gasteiger partial charge in [-0.05, 0) is 50.5 Å². The molecule has 0 amide bonds. The van der Waals surface area contributed by atoms with Crippen LogP contribution >= 0.6 is 0 Å². The molecule has 0 aliphatic heterocycles. The van der Waals surface area contributed by atoms with Gasteiger partial charge in [0.1, 0.15) is 0 Å². The second-order valence-corrected chi connectivity index (χ2v) is 6.17. The number of benzene rings is 1. The third-order valence-corrected chi connectivity index (χ3v) is 4.60. The zero-order valence-electron chi connectivity index (χ0n) is 14.5. The lowest BCUT2D eigenvalue weighted by molar-refractivity contribution is -0.152. The maximum Gasteiger partial charge on any atom is 0.311 e. The van der Waals surface area contributed by atoms with E-state index in [9.17, 15) is 4.79 Å². The molecule has 0 saturated carbocycles. The molecule has 0 N–H and O–H groups in total. The molecule has 0 radical (unpaired) electrons. The van der Waals surface area contributed by atoms with E-state index in [2.05, 4.69) is 50.3 Å². The Morgan fingerprint density at radius 2 is 1.91 bits per heavy atom. The molecular formula is C20H30O2. The van der Waals surface area contributed by atoms with Gasteiger partial charge in [0.2, 0.25) is 0 Å². The SMILES string of the molecule is CCC=CCC(CCC(C)(CC)C(=O)OC)c1ccccc1. The molecule has 0 aliphatic carbocycles. The molecule has 0 saturated heterocycles.